The molecule has 0 saturated carbocycles. The van der Waals surface area contributed by atoms with Gasteiger partial charge in [0, 0.05) is 26.9 Å². The van der Waals surface area contributed by atoms with Gasteiger partial charge >= 0.3 is 0 Å². The largest absolute Gasteiger partial charge is 0.497 e. The molecule has 9 rings (SSSR count). The molecular formula is C38H22N4O6S2. The second kappa shape index (κ2) is 11.2. The average molecular weight is 695 g/mol. The maximum atomic E-state index is 11.8. The first-order valence-corrected chi connectivity index (χ1v) is 17.0. The fourth-order valence-corrected chi connectivity index (χ4v) is 8.75. The molecule has 6 aromatic carbocycles. The number of hydrogen-bond acceptors (Lipinski definition) is 10. The molecule has 0 bridgehead atoms. The Balaban J connectivity index is 1.11. The number of fused-ring (bicyclic) bond motifs is 6. The van der Waals surface area contributed by atoms with Gasteiger partial charge in [-0.15, -0.1) is 22.7 Å². The lowest BCUT2D eigenvalue weighted by Gasteiger charge is -2.10. The maximum Gasteiger partial charge on any atom is 0.284 e. The minimum Gasteiger partial charge on any atom is -0.497 e. The topological polar surface area (TPSA) is 131 Å². The lowest BCUT2D eigenvalue weighted by atomic mass is 10.0. The van der Waals surface area contributed by atoms with Crippen molar-refractivity contribution in [2.45, 2.75) is 0 Å². The standard InChI is InChI=1S/C38H22N4O6S2/c1-47-28-8-24-4-22-12-36-26(6-20(22)10-30(24)34(16-28)48-2)14-38(50-36)32-17-31(39-18-40-32)37-13-25-5-19-9-29-23(3-21(19)11-35(25)49-37)7-27(41(43)44)15-33(29)42(45)46/h3-18H,1-2H3. The van der Waals surface area contributed by atoms with Crippen LogP contribution in [0.25, 0.3) is 84.4 Å². The maximum absolute atomic E-state index is 11.8. The molecule has 0 N–H and O–H groups in total. The van der Waals surface area contributed by atoms with E-state index in [4.69, 9.17) is 9.47 Å². The van der Waals surface area contributed by atoms with E-state index in [0.29, 0.717) is 10.8 Å². The number of hydrogen-bond donors (Lipinski definition) is 0. The SMILES string of the molecule is COc1cc(OC)c2cc3cc4cc(-c5cc(-c6cc7cc8cc9c([N+](=O)[O-])cc([N+](=O)[O-])cc9cc8cc7s6)ncn5)sc4cc3cc2c1. The van der Waals surface area contributed by atoms with E-state index in [1.807, 2.05) is 30.3 Å². The van der Waals surface area contributed by atoms with E-state index >= 15 is 0 Å². The van der Waals surface area contributed by atoms with Crippen LogP contribution in [0, 0.1) is 20.2 Å². The summed E-state index contributed by atoms with van der Waals surface area (Å²) in [7, 11) is 3.31. The number of thiophene rings is 2. The molecule has 0 aliphatic carbocycles. The summed E-state index contributed by atoms with van der Waals surface area (Å²) in [6.07, 6.45) is 1.58. The van der Waals surface area contributed by atoms with Crippen LogP contribution in [0.3, 0.4) is 0 Å². The van der Waals surface area contributed by atoms with Gasteiger partial charge in [0.2, 0.25) is 0 Å². The Kier molecular flexibility index (Phi) is 6.66. The van der Waals surface area contributed by atoms with E-state index in [1.54, 1.807) is 55.4 Å². The van der Waals surface area contributed by atoms with Crippen LogP contribution in [0.2, 0.25) is 0 Å². The molecule has 242 valence electrons. The van der Waals surface area contributed by atoms with Gasteiger partial charge in [-0.05, 0) is 116 Å². The number of aromatic nitrogens is 2. The zero-order valence-electron chi connectivity index (χ0n) is 26.3. The van der Waals surface area contributed by atoms with Gasteiger partial charge in [-0.3, -0.25) is 20.2 Å². The first-order chi connectivity index (χ1) is 24.2. The molecule has 12 heteroatoms. The van der Waals surface area contributed by atoms with Gasteiger partial charge < -0.3 is 9.47 Å². The van der Waals surface area contributed by atoms with Crippen molar-refractivity contribution in [1.29, 1.82) is 0 Å². The van der Waals surface area contributed by atoms with Crippen LogP contribution in [0.4, 0.5) is 11.4 Å². The molecular weight excluding hydrogens is 673 g/mol. The molecule has 3 aromatic heterocycles. The second-order valence-electron chi connectivity index (χ2n) is 11.9. The van der Waals surface area contributed by atoms with E-state index < -0.39 is 9.85 Å². The third-order valence-electron chi connectivity index (χ3n) is 9.02. The quantitative estimate of drug-likeness (QED) is 0.0954. The fourth-order valence-electron chi connectivity index (χ4n) is 6.63. The molecule has 0 amide bonds. The Hall–Kier alpha value is -6.24. The van der Waals surface area contributed by atoms with Crippen molar-refractivity contribution in [3.05, 3.63) is 118 Å². The number of nitro benzene ring substituents is 2. The van der Waals surface area contributed by atoms with Crippen molar-refractivity contribution in [3.63, 3.8) is 0 Å². The molecule has 10 nitrogen and oxygen atoms in total. The Morgan fingerprint density at radius 1 is 0.540 bits per heavy atom. The lowest BCUT2D eigenvalue weighted by Crippen LogP contribution is -1.94. The Labute approximate surface area is 290 Å². The molecule has 0 spiro atoms. The Bertz CT molecular complexity index is 2940. The highest BCUT2D eigenvalue weighted by atomic mass is 32.1. The predicted molar refractivity (Wildman–Crippen MR) is 200 cm³/mol. The van der Waals surface area contributed by atoms with Gasteiger partial charge in [0.05, 0.1) is 56.7 Å². The van der Waals surface area contributed by atoms with Crippen molar-refractivity contribution in [2.75, 3.05) is 14.2 Å². The third kappa shape index (κ3) is 4.84. The molecule has 3 heterocycles. The van der Waals surface area contributed by atoms with Crippen LogP contribution in [-0.4, -0.2) is 34.0 Å². The highest BCUT2D eigenvalue weighted by Crippen LogP contribution is 2.42. The zero-order chi connectivity index (χ0) is 34.3. The number of ether oxygens (including phenoxy) is 2. The molecule has 50 heavy (non-hydrogen) atoms. The van der Waals surface area contributed by atoms with Gasteiger partial charge in [0.15, 0.2) is 0 Å². The smallest absolute Gasteiger partial charge is 0.284 e. The van der Waals surface area contributed by atoms with Gasteiger partial charge in [0.25, 0.3) is 11.4 Å². The highest BCUT2D eigenvalue weighted by Gasteiger charge is 2.20. The van der Waals surface area contributed by atoms with Gasteiger partial charge in [-0.2, -0.15) is 0 Å². The number of benzene rings is 6. The summed E-state index contributed by atoms with van der Waals surface area (Å²) in [4.78, 5) is 33.3. The molecule has 0 fully saturated rings. The average Bonchev–Trinajstić information content (AvgIpc) is 3.73. The normalized spacial score (nSPS) is 11.7. The summed E-state index contributed by atoms with van der Waals surface area (Å²) in [6, 6.07) is 28.7. The fraction of sp³-hybridized carbons (Fsp3) is 0.0526. The van der Waals surface area contributed by atoms with E-state index in [9.17, 15) is 20.2 Å². The van der Waals surface area contributed by atoms with E-state index in [2.05, 4.69) is 46.4 Å². The number of methoxy groups -OCH3 is 2. The summed E-state index contributed by atoms with van der Waals surface area (Å²) >= 11 is 3.26. The van der Waals surface area contributed by atoms with Crippen molar-refractivity contribution in [3.8, 4) is 32.6 Å². The molecule has 0 atom stereocenters. The van der Waals surface area contributed by atoms with Crippen molar-refractivity contribution in [2.24, 2.45) is 0 Å². The number of rotatable bonds is 6. The molecule has 0 unspecified atom stereocenters. The van der Waals surface area contributed by atoms with Crippen LogP contribution in [0.1, 0.15) is 0 Å². The number of nitro groups is 2. The molecule has 9 aromatic rings. The van der Waals surface area contributed by atoms with Crippen LogP contribution in [0.15, 0.2) is 97.3 Å². The Morgan fingerprint density at radius 2 is 1.10 bits per heavy atom. The Morgan fingerprint density at radius 3 is 1.66 bits per heavy atom. The molecule has 0 radical (unpaired) electrons. The monoisotopic (exact) mass is 694 g/mol. The minimum atomic E-state index is -0.612. The van der Waals surface area contributed by atoms with Crippen molar-refractivity contribution < 1.29 is 19.3 Å². The highest BCUT2D eigenvalue weighted by molar-refractivity contribution is 7.22. The minimum absolute atomic E-state index is 0.292. The van der Waals surface area contributed by atoms with Crippen molar-refractivity contribution in [1.82, 2.24) is 9.97 Å². The van der Waals surface area contributed by atoms with E-state index in [-0.39, 0.29) is 11.4 Å². The van der Waals surface area contributed by atoms with Gasteiger partial charge in [-0.25, -0.2) is 9.97 Å². The summed E-state index contributed by atoms with van der Waals surface area (Å²) in [5.74, 6) is 1.51. The third-order valence-corrected chi connectivity index (χ3v) is 11.3. The lowest BCUT2D eigenvalue weighted by molar-refractivity contribution is -0.393. The number of nitrogens with zero attached hydrogens (tertiary/aromatic N) is 4. The summed E-state index contributed by atoms with van der Waals surface area (Å²) in [5.41, 5.74) is 0.996. The zero-order valence-corrected chi connectivity index (χ0v) is 27.9. The molecule has 0 saturated heterocycles. The summed E-state index contributed by atoms with van der Waals surface area (Å²) in [6.45, 7) is 0. The van der Waals surface area contributed by atoms with Crippen LogP contribution in [0.5, 0.6) is 11.5 Å². The van der Waals surface area contributed by atoms with Gasteiger partial charge in [0.1, 0.15) is 17.8 Å². The van der Waals surface area contributed by atoms with E-state index in [0.717, 1.165) is 91.2 Å². The van der Waals surface area contributed by atoms with Crippen LogP contribution in [-0.2, 0) is 0 Å². The summed E-state index contributed by atoms with van der Waals surface area (Å²) in [5, 5.41) is 32.1. The van der Waals surface area contributed by atoms with Crippen LogP contribution < -0.4 is 9.47 Å². The van der Waals surface area contributed by atoms with E-state index in [1.165, 1.54) is 6.07 Å². The van der Waals surface area contributed by atoms with Crippen molar-refractivity contribution >= 4 is 97.3 Å². The number of non-ortho nitro benzene ring substituents is 2. The molecule has 0 aliphatic heterocycles. The summed E-state index contributed by atoms with van der Waals surface area (Å²) < 4.78 is 13.3. The first kappa shape index (κ1) is 29.9. The first-order valence-electron chi connectivity index (χ1n) is 15.3. The molecule has 0 aliphatic rings. The van der Waals surface area contributed by atoms with Gasteiger partial charge in [-0.1, -0.05) is 0 Å². The second-order valence-corrected chi connectivity index (χ2v) is 14.1. The van der Waals surface area contributed by atoms with Crippen LogP contribution >= 0.6 is 22.7 Å². The predicted octanol–water partition coefficient (Wildman–Crippen LogP) is 10.7.